The summed E-state index contributed by atoms with van der Waals surface area (Å²) in [6, 6.07) is 3.93. The number of halogens is 3. The predicted octanol–water partition coefficient (Wildman–Crippen LogP) is 3.61. The topological polar surface area (TPSA) is 90.6 Å². The standard InChI is InChI=1S/C18H13F3N6OS/c19-9-2-1-3-11-13(9)25-17(29-11)15-14-10(22-7-23-14)4-5-27(15)18(28)8-6-24-26-12(8)16(20)21/h1-3,6-7,15-16H,4-5H2,(H,22,23)(H,24,26)/t15-/m0/s1. The van der Waals surface area contributed by atoms with Gasteiger partial charge in [0.1, 0.15) is 28.1 Å². The zero-order valence-corrected chi connectivity index (χ0v) is 15.5. The first-order valence-electron chi connectivity index (χ1n) is 8.74. The van der Waals surface area contributed by atoms with E-state index in [0.717, 1.165) is 11.9 Å². The largest absolute Gasteiger partial charge is 0.348 e. The lowest BCUT2D eigenvalue weighted by molar-refractivity contribution is 0.0678. The van der Waals surface area contributed by atoms with E-state index < -0.39 is 29.9 Å². The van der Waals surface area contributed by atoms with E-state index in [0.29, 0.717) is 21.8 Å². The lowest BCUT2D eigenvalue weighted by Crippen LogP contribution is -2.41. The molecule has 0 radical (unpaired) electrons. The molecule has 1 amide bonds. The molecule has 1 atom stereocenters. The number of thiazole rings is 1. The number of imidazole rings is 1. The molecule has 7 nitrogen and oxygen atoms in total. The lowest BCUT2D eigenvalue weighted by atomic mass is 10.0. The fourth-order valence-electron chi connectivity index (χ4n) is 3.58. The first-order valence-corrected chi connectivity index (χ1v) is 9.55. The minimum Gasteiger partial charge on any atom is -0.348 e. The molecule has 0 saturated carbocycles. The fourth-order valence-corrected chi connectivity index (χ4v) is 4.68. The van der Waals surface area contributed by atoms with Gasteiger partial charge in [0, 0.05) is 18.7 Å². The van der Waals surface area contributed by atoms with E-state index >= 15 is 0 Å². The molecule has 5 rings (SSSR count). The van der Waals surface area contributed by atoms with Gasteiger partial charge in [-0.3, -0.25) is 9.89 Å². The van der Waals surface area contributed by atoms with Crippen LogP contribution in [0.4, 0.5) is 13.2 Å². The van der Waals surface area contributed by atoms with E-state index in [2.05, 4.69) is 25.1 Å². The molecule has 3 aromatic heterocycles. The zero-order valence-electron chi connectivity index (χ0n) is 14.7. The summed E-state index contributed by atoms with van der Waals surface area (Å²) in [4.78, 5) is 26.4. The van der Waals surface area contributed by atoms with Gasteiger partial charge >= 0.3 is 0 Å². The summed E-state index contributed by atoms with van der Waals surface area (Å²) in [6.07, 6.45) is 0.233. The van der Waals surface area contributed by atoms with Crippen molar-refractivity contribution in [2.45, 2.75) is 18.9 Å². The van der Waals surface area contributed by atoms with Gasteiger partial charge in [-0.15, -0.1) is 11.3 Å². The molecular weight excluding hydrogens is 405 g/mol. The molecule has 11 heteroatoms. The third-order valence-corrected chi connectivity index (χ3v) is 6.00. The molecule has 29 heavy (non-hydrogen) atoms. The normalized spacial score (nSPS) is 16.6. The van der Waals surface area contributed by atoms with Gasteiger partial charge in [-0.25, -0.2) is 23.1 Å². The van der Waals surface area contributed by atoms with Gasteiger partial charge in [0.15, 0.2) is 0 Å². The number of aromatic amines is 2. The van der Waals surface area contributed by atoms with Gasteiger partial charge in [-0.05, 0) is 12.1 Å². The van der Waals surface area contributed by atoms with Crippen molar-refractivity contribution in [1.29, 1.82) is 0 Å². The van der Waals surface area contributed by atoms with Crippen LogP contribution in [-0.4, -0.2) is 42.5 Å². The predicted molar refractivity (Wildman–Crippen MR) is 98.3 cm³/mol. The number of nitrogens with one attached hydrogen (secondary N) is 2. The monoisotopic (exact) mass is 418 g/mol. The Labute approximate surface area is 165 Å². The number of aromatic nitrogens is 5. The first kappa shape index (κ1) is 17.9. The highest BCUT2D eigenvalue weighted by Crippen LogP contribution is 2.39. The Balaban J connectivity index is 1.63. The molecule has 0 saturated heterocycles. The Bertz CT molecular complexity index is 1220. The van der Waals surface area contributed by atoms with Gasteiger partial charge in [-0.1, -0.05) is 6.07 Å². The molecule has 1 aromatic carbocycles. The van der Waals surface area contributed by atoms with Crippen LogP contribution in [0.1, 0.15) is 44.9 Å². The molecule has 148 valence electrons. The number of rotatable bonds is 3. The van der Waals surface area contributed by atoms with Gasteiger partial charge in [0.25, 0.3) is 12.3 Å². The lowest BCUT2D eigenvalue weighted by Gasteiger charge is -2.33. The number of nitrogens with zero attached hydrogens (tertiary/aromatic N) is 4. The van der Waals surface area contributed by atoms with Crippen LogP contribution < -0.4 is 0 Å². The van der Waals surface area contributed by atoms with Crippen LogP contribution in [-0.2, 0) is 6.42 Å². The van der Waals surface area contributed by atoms with Gasteiger partial charge in [-0.2, -0.15) is 5.10 Å². The van der Waals surface area contributed by atoms with Crippen molar-refractivity contribution in [3.8, 4) is 0 Å². The molecule has 1 aliphatic rings. The summed E-state index contributed by atoms with van der Waals surface area (Å²) in [7, 11) is 0. The van der Waals surface area contributed by atoms with Gasteiger partial charge in [0.05, 0.1) is 28.5 Å². The number of hydrogen-bond donors (Lipinski definition) is 2. The molecule has 0 bridgehead atoms. The molecule has 0 aliphatic carbocycles. The highest BCUT2D eigenvalue weighted by atomic mass is 32.1. The smallest absolute Gasteiger partial charge is 0.280 e. The third-order valence-electron chi connectivity index (χ3n) is 4.92. The van der Waals surface area contributed by atoms with Crippen LogP contribution in [0.15, 0.2) is 30.7 Å². The summed E-state index contributed by atoms with van der Waals surface area (Å²) in [6.45, 7) is 0.269. The van der Waals surface area contributed by atoms with Crippen molar-refractivity contribution >= 4 is 27.5 Å². The molecule has 1 aliphatic heterocycles. The number of alkyl halides is 2. The highest BCUT2D eigenvalue weighted by Gasteiger charge is 2.38. The summed E-state index contributed by atoms with van der Waals surface area (Å²) in [5.74, 6) is -1.07. The Morgan fingerprint density at radius 2 is 2.21 bits per heavy atom. The number of benzene rings is 1. The fraction of sp³-hybridized carbons (Fsp3) is 0.222. The van der Waals surface area contributed by atoms with E-state index in [4.69, 9.17) is 0 Å². The van der Waals surface area contributed by atoms with Crippen molar-refractivity contribution in [3.05, 3.63) is 64.2 Å². The van der Waals surface area contributed by atoms with Crippen LogP contribution in [0.5, 0.6) is 0 Å². The number of hydrogen-bond acceptors (Lipinski definition) is 5. The summed E-state index contributed by atoms with van der Waals surface area (Å²) >= 11 is 1.24. The van der Waals surface area contributed by atoms with Crippen LogP contribution in [0.3, 0.4) is 0 Å². The summed E-state index contributed by atoms with van der Waals surface area (Å²) in [5, 5.41) is 6.26. The number of H-pyrrole nitrogens is 2. The molecule has 0 unspecified atom stereocenters. The van der Waals surface area contributed by atoms with E-state index in [1.54, 1.807) is 12.1 Å². The molecule has 4 aromatic rings. The van der Waals surface area contributed by atoms with Crippen molar-refractivity contribution in [3.63, 3.8) is 0 Å². The zero-order chi connectivity index (χ0) is 20.1. The Kier molecular flexibility index (Phi) is 4.12. The number of amides is 1. The van der Waals surface area contributed by atoms with Crippen molar-refractivity contribution < 1.29 is 18.0 Å². The van der Waals surface area contributed by atoms with Crippen LogP contribution >= 0.6 is 11.3 Å². The van der Waals surface area contributed by atoms with Gasteiger partial charge in [0.2, 0.25) is 0 Å². The second-order valence-electron chi connectivity index (χ2n) is 6.55. The van der Waals surface area contributed by atoms with Crippen LogP contribution in [0.2, 0.25) is 0 Å². The molecule has 4 heterocycles. The third kappa shape index (κ3) is 2.80. The average Bonchev–Trinajstić information content (AvgIpc) is 3.44. The number of carbonyl (C=O) groups excluding carboxylic acids is 1. The van der Waals surface area contributed by atoms with Gasteiger partial charge < -0.3 is 9.88 Å². The highest BCUT2D eigenvalue weighted by molar-refractivity contribution is 7.18. The Morgan fingerprint density at radius 3 is 3.00 bits per heavy atom. The van der Waals surface area contributed by atoms with Crippen LogP contribution in [0, 0.1) is 5.82 Å². The molecule has 2 N–H and O–H groups in total. The van der Waals surface area contributed by atoms with Crippen molar-refractivity contribution in [1.82, 2.24) is 30.0 Å². The van der Waals surface area contributed by atoms with E-state index in [-0.39, 0.29) is 17.6 Å². The van der Waals surface area contributed by atoms with E-state index in [1.165, 1.54) is 28.6 Å². The van der Waals surface area contributed by atoms with E-state index in [1.807, 2.05) is 0 Å². The molecular formula is C18H13F3N6OS. The maximum atomic E-state index is 14.2. The molecule has 0 fully saturated rings. The summed E-state index contributed by atoms with van der Waals surface area (Å²) < 4.78 is 41.3. The number of carbonyl (C=O) groups is 1. The van der Waals surface area contributed by atoms with Crippen molar-refractivity contribution in [2.75, 3.05) is 6.54 Å². The SMILES string of the molecule is O=C(c1cn[nH]c1C(F)F)N1CCc2[nH]cnc2[C@H]1c1nc2c(F)cccc2s1. The number of fused-ring (bicyclic) bond motifs is 2. The van der Waals surface area contributed by atoms with Crippen molar-refractivity contribution in [2.24, 2.45) is 0 Å². The Morgan fingerprint density at radius 1 is 1.34 bits per heavy atom. The minimum atomic E-state index is -2.86. The maximum absolute atomic E-state index is 14.2. The average molecular weight is 418 g/mol. The second-order valence-corrected chi connectivity index (χ2v) is 7.62. The minimum absolute atomic E-state index is 0.198. The van der Waals surface area contributed by atoms with E-state index in [9.17, 15) is 18.0 Å². The second kappa shape index (κ2) is 6.69. The molecule has 0 spiro atoms. The van der Waals surface area contributed by atoms with Crippen LogP contribution in [0.25, 0.3) is 10.2 Å². The Hall–Kier alpha value is -3.21. The summed E-state index contributed by atoms with van der Waals surface area (Å²) in [5.41, 5.74) is 0.888. The first-order chi connectivity index (χ1) is 14.0. The quantitative estimate of drug-likeness (QED) is 0.532. The maximum Gasteiger partial charge on any atom is 0.280 e. The number of para-hydroxylation sites is 1.